The lowest BCUT2D eigenvalue weighted by Crippen LogP contribution is -2.40. The van der Waals surface area contributed by atoms with E-state index in [-0.39, 0.29) is 5.92 Å². The molecule has 1 atom stereocenters. The molecule has 1 aromatic rings. The quantitative estimate of drug-likeness (QED) is 0.631. The van der Waals surface area contributed by atoms with Crippen molar-refractivity contribution < 1.29 is 4.74 Å². The van der Waals surface area contributed by atoms with Crippen LogP contribution >= 0.6 is 0 Å². The minimum absolute atomic E-state index is 0.239. The molecule has 2 rings (SSSR count). The molecule has 1 saturated heterocycles. The lowest BCUT2D eigenvalue weighted by atomic mass is 10.0. The first-order chi connectivity index (χ1) is 9.60. The van der Waals surface area contributed by atoms with E-state index in [0.29, 0.717) is 24.3 Å². The molecule has 0 aromatic carbocycles. The molecule has 112 valence electrons. The zero-order valence-electron chi connectivity index (χ0n) is 12.6. The Morgan fingerprint density at radius 2 is 2.25 bits per heavy atom. The van der Waals surface area contributed by atoms with Crippen LogP contribution in [0.5, 0.6) is 5.88 Å². The number of piperidine rings is 1. The number of hydrogen-bond donors (Lipinski definition) is 2. The standard InChI is InChI=1S/C14H25N5O/c1-10(2)14-16-12(18-15)8-13(17-14)20-9-11-6-4-5-7-19(11)3/h8,10-11H,4-7,9,15H2,1-3H3,(H,16,17,18). The minimum Gasteiger partial charge on any atom is -0.476 e. The van der Waals surface area contributed by atoms with E-state index < -0.39 is 0 Å². The maximum Gasteiger partial charge on any atom is 0.218 e. The minimum atomic E-state index is 0.239. The molecule has 1 fully saturated rings. The summed E-state index contributed by atoms with van der Waals surface area (Å²) in [6.07, 6.45) is 3.73. The summed E-state index contributed by atoms with van der Waals surface area (Å²) in [4.78, 5) is 11.1. The zero-order valence-corrected chi connectivity index (χ0v) is 12.6. The van der Waals surface area contributed by atoms with Crippen LogP contribution in [0.25, 0.3) is 0 Å². The molecule has 0 saturated carbocycles. The molecule has 6 heteroatoms. The van der Waals surface area contributed by atoms with E-state index in [4.69, 9.17) is 10.6 Å². The van der Waals surface area contributed by atoms with Gasteiger partial charge in [0.15, 0.2) is 0 Å². The molecule has 0 radical (unpaired) electrons. The number of likely N-dealkylation sites (tertiary alicyclic amines) is 1. The van der Waals surface area contributed by atoms with Gasteiger partial charge >= 0.3 is 0 Å². The highest BCUT2D eigenvalue weighted by atomic mass is 16.5. The Morgan fingerprint density at radius 1 is 1.45 bits per heavy atom. The third-order valence-electron chi connectivity index (χ3n) is 3.73. The van der Waals surface area contributed by atoms with Crippen LogP contribution in [0.3, 0.4) is 0 Å². The number of hydrogen-bond acceptors (Lipinski definition) is 6. The van der Waals surface area contributed by atoms with Gasteiger partial charge in [-0.25, -0.2) is 10.8 Å². The molecule has 0 spiro atoms. The summed E-state index contributed by atoms with van der Waals surface area (Å²) in [5.41, 5.74) is 2.57. The first kappa shape index (κ1) is 15.0. The van der Waals surface area contributed by atoms with Crippen molar-refractivity contribution in [1.82, 2.24) is 14.9 Å². The van der Waals surface area contributed by atoms with E-state index >= 15 is 0 Å². The fourth-order valence-electron chi connectivity index (χ4n) is 2.39. The van der Waals surface area contributed by atoms with Gasteiger partial charge in [0.25, 0.3) is 0 Å². The number of nitrogens with zero attached hydrogens (tertiary/aromatic N) is 3. The molecule has 0 amide bonds. The van der Waals surface area contributed by atoms with Crippen molar-refractivity contribution in [1.29, 1.82) is 0 Å². The van der Waals surface area contributed by atoms with Crippen LogP contribution in [0.4, 0.5) is 5.82 Å². The number of rotatable bonds is 5. The normalized spacial score (nSPS) is 20.1. The maximum atomic E-state index is 5.86. The summed E-state index contributed by atoms with van der Waals surface area (Å²) in [7, 11) is 2.15. The van der Waals surface area contributed by atoms with E-state index in [1.807, 2.05) is 13.8 Å². The van der Waals surface area contributed by atoms with Crippen molar-refractivity contribution in [3.8, 4) is 5.88 Å². The fourth-order valence-corrected chi connectivity index (χ4v) is 2.39. The molecule has 1 aliphatic rings. The Bertz CT molecular complexity index is 438. The molecule has 1 unspecified atom stereocenters. The summed E-state index contributed by atoms with van der Waals surface area (Å²) in [6.45, 7) is 5.91. The molecule has 0 bridgehead atoms. The van der Waals surface area contributed by atoms with Crippen LogP contribution in [-0.4, -0.2) is 41.1 Å². The van der Waals surface area contributed by atoms with Gasteiger partial charge in [0.1, 0.15) is 18.2 Å². The lowest BCUT2D eigenvalue weighted by Gasteiger charge is -2.32. The summed E-state index contributed by atoms with van der Waals surface area (Å²) in [6, 6.07) is 2.21. The molecule has 1 aromatic heterocycles. The Hall–Kier alpha value is -1.40. The molecule has 3 N–H and O–H groups in total. The van der Waals surface area contributed by atoms with E-state index in [0.717, 1.165) is 12.4 Å². The van der Waals surface area contributed by atoms with Gasteiger partial charge in [0.2, 0.25) is 5.88 Å². The summed E-state index contributed by atoms with van der Waals surface area (Å²) >= 11 is 0. The third kappa shape index (κ3) is 3.80. The summed E-state index contributed by atoms with van der Waals surface area (Å²) in [5.74, 6) is 7.61. The van der Waals surface area contributed by atoms with Crippen molar-refractivity contribution in [2.24, 2.45) is 5.84 Å². The smallest absolute Gasteiger partial charge is 0.218 e. The predicted molar refractivity (Wildman–Crippen MR) is 79.7 cm³/mol. The maximum absolute atomic E-state index is 5.86. The monoisotopic (exact) mass is 279 g/mol. The first-order valence-electron chi connectivity index (χ1n) is 7.28. The van der Waals surface area contributed by atoms with Crippen molar-refractivity contribution in [2.45, 2.75) is 45.1 Å². The molecular weight excluding hydrogens is 254 g/mol. The highest BCUT2D eigenvalue weighted by Crippen LogP contribution is 2.20. The van der Waals surface area contributed by atoms with Gasteiger partial charge in [-0.3, -0.25) is 0 Å². The van der Waals surface area contributed by atoms with Gasteiger partial charge in [-0.05, 0) is 26.4 Å². The Kier molecular flexibility index (Phi) is 5.14. The summed E-state index contributed by atoms with van der Waals surface area (Å²) in [5, 5.41) is 0. The number of hydrazine groups is 1. The number of ether oxygens (including phenoxy) is 1. The van der Waals surface area contributed by atoms with Crippen LogP contribution in [0, 0.1) is 0 Å². The van der Waals surface area contributed by atoms with Crippen molar-refractivity contribution in [3.05, 3.63) is 11.9 Å². The molecule has 2 heterocycles. The van der Waals surface area contributed by atoms with E-state index in [2.05, 4.69) is 27.3 Å². The Balaban J connectivity index is 2.02. The molecule has 6 nitrogen and oxygen atoms in total. The Labute approximate surface area is 120 Å². The molecule has 1 aliphatic heterocycles. The van der Waals surface area contributed by atoms with E-state index in [9.17, 15) is 0 Å². The van der Waals surface area contributed by atoms with Crippen molar-refractivity contribution >= 4 is 5.82 Å². The van der Waals surface area contributed by atoms with Gasteiger partial charge in [-0.1, -0.05) is 20.3 Å². The number of aromatic nitrogens is 2. The van der Waals surface area contributed by atoms with Crippen LogP contribution in [0.15, 0.2) is 6.07 Å². The largest absolute Gasteiger partial charge is 0.476 e. The topological polar surface area (TPSA) is 76.3 Å². The summed E-state index contributed by atoms with van der Waals surface area (Å²) < 4.78 is 5.86. The number of nitrogens with one attached hydrogen (secondary N) is 1. The van der Waals surface area contributed by atoms with Crippen molar-refractivity contribution in [3.63, 3.8) is 0 Å². The molecule has 20 heavy (non-hydrogen) atoms. The fraction of sp³-hybridized carbons (Fsp3) is 0.714. The second kappa shape index (κ2) is 6.85. The Morgan fingerprint density at radius 3 is 2.90 bits per heavy atom. The van der Waals surface area contributed by atoms with E-state index in [1.165, 1.54) is 19.3 Å². The van der Waals surface area contributed by atoms with Crippen LogP contribution < -0.4 is 16.0 Å². The predicted octanol–water partition coefficient (Wildman–Crippen LogP) is 1.75. The van der Waals surface area contributed by atoms with Crippen LogP contribution in [0.1, 0.15) is 44.9 Å². The van der Waals surface area contributed by atoms with E-state index in [1.54, 1.807) is 6.07 Å². The number of likely N-dealkylation sites (N-methyl/N-ethyl adjacent to an activating group) is 1. The number of anilines is 1. The van der Waals surface area contributed by atoms with Gasteiger partial charge < -0.3 is 15.1 Å². The third-order valence-corrected chi connectivity index (χ3v) is 3.73. The average molecular weight is 279 g/mol. The SMILES string of the molecule is CC(C)c1nc(NN)cc(OCC2CCCCN2C)n1. The number of nitrogen functional groups attached to an aromatic ring is 1. The molecular formula is C14H25N5O. The van der Waals surface area contributed by atoms with Gasteiger partial charge in [0, 0.05) is 18.0 Å². The van der Waals surface area contributed by atoms with Crippen LogP contribution in [-0.2, 0) is 0 Å². The van der Waals surface area contributed by atoms with Crippen LogP contribution in [0.2, 0.25) is 0 Å². The van der Waals surface area contributed by atoms with Gasteiger partial charge in [-0.2, -0.15) is 4.98 Å². The van der Waals surface area contributed by atoms with Crippen molar-refractivity contribution in [2.75, 3.05) is 25.6 Å². The second-order valence-electron chi connectivity index (χ2n) is 5.69. The highest BCUT2D eigenvalue weighted by Gasteiger charge is 2.20. The first-order valence-corrected chi connectivity index (χ1v) is 7.28. The van der Waals surface area contributed by atoms with Gasteiger partial charge in [-0.15, -0.1) is 0 Å². The van der Waals surface area contributed by atoms with Gasteiger partial charge in [0.05, 0.1) is 0 Å². The highest BCUT2D eigenvalue weighted by molar-refractivity contribution is 5.37. The zero-order chi connectivity index (χ0) is 14.5. The molecule has 0 aliphatic carbocycles. The second-order valence-corrected chi connectivity index (χ2v) is 5.69. The number of nitrogens with two attached hydrogens (primary N) is 1. The average Bonchev–Trinajstić information content (AvgIpc) is 2.46. The lowest BCUT2D eigenvalue weighted by molar-refractivity contribution is 0.122.